The van der Waals surface area contributed by atoms with E-state index in [1.807, 2.05) is 11.3 Å². The Hall–Kier alpha value is -5.18. The van der Waals surface area contributed by atoms with Crippen molar-refractivity contribution in [1.82, 2.24) is 0 Å². The lowest BCUT2D eigenvalue weighted by atomic mass is 9.82. The Kier molecular flexibility index (Phi) is 5.63. The van der Waals surface area contributed by atoms with E-state index in [9.17, 15) is 0 Å². The van der Waals surface area contributed by atoms with Gasteiger partial charge in [-0.1, -0.05) is 113 Å². The molecule has 0 unspecified atom stereocenters. The van der Waals surface area contributed by atoms with E-state index in [1.165, 1.54) is 92.5 Å². The van der Waals surface area contributed by atoms with Crippen LogP contribution in [0.25, 0.3) is 53.2 Å². The van der Waals surface area contributed by atoms with Crippen LogP contribution < -0.4 is 4.90 Å². The summed E-state index contributed by atoms with van der Waals surface area (Å²) in [6.45, 7) is 9.44. The summed E-state index contributed by atoms with van der Waals surface area (Å²) in [7, 11) is 0. The average Bonchev–Trinajstić information content (AvgIpc) is 3.66. The Balaban J connectivity index is 1.20. The molecule has 0 N–H and O–H groups in total. The van der Waals surface area contributed by atoms with E-state index in [0.29, 0.717) is 0 Å². The summed E-state index contributed by atoms with van der Waals surface area (Å²) in [6.07, 6.45) is 0. The van der Waals surface area contributed by atoms with E-state index >= 15 is 0 Å². The van der Waals surface area contributed by atoms with Gasteiger partial charge < -0.3 is 4.90 Å². The van der Waals surface area contributed by atoms with Gasteiger partial charge in [0.1, 0.15) is 0 Å². The number of fused-ring (bicyclic) bond motifs is 10. The summed E-state index contributed by atoms with van der Waals surface area (Å²) in [4.78, 5) is 2.48. The van der Waals surface area contributed by atoms with E-state index in [0.717, 1.165) is 0 Å². The van der Waals surface area contributed by atoms with Crippen molar-refractivity contribution in [2.75, 3.05) is 4.90 Å². The molecule has 1 heterocycles. The van der Waals surface area contributed by atoms with Crippen molar-refractivity contribution in [1.29, 1.82) is 0 Å². The third kappa shape index (κ3) is 3.78. The highest BCUT2D eigenvalue weighted by atomic mass is 32.1. The van der Waals surface area contributed by atoms with Gasteiger partial charge in [0.05, 0.1) is 0 Å². The van der Waals surface area contributed by atoms with E-state index in [2.05, 4.69) is 172 Å². The number of anilines is 3. The van der Waals surface area contributed by atoms with Crippen LogP contribution in [0.2, 0.25) is 0 Å². The molecule has 2 aliphatic rings. The van der Waals surface area contributed by atoms with Crippen LogP contribution in [0.5, 0.6) is 0 Å². The monoisotopic (exact) mass is 633 g/mol. The molecule has 0 fully saturated rings. The Morgan fingerprint density at radius 2 is 0.979 bits per heavy atom. The van der Waals surface area contributed by atoms with Crippen molar-refractivity contribution in [2.45, 2.75) is 38.5 Å². The first-order chi connectivity index (χ1) is 23.3. The maximum absolute atomic E-state index is 2.48. The highest BCUT2D eigenvalue weighted by molar-refractivity contribution is 7.25. The second kappa shape index (κ2) is 9.69. The van der Waals surface area contributed by atoms with Crippen LogP contribution in [0.15, 0.2) is 140 Å². The Bertz CT molecular complexity index is 2630. The molecule has 7 aromatic carbocycles. The van der Waals surface area contributed by atoms with Crippen LogP contribution in [0.1, 0.15) is 49.9 Å². The summed E-state index contributed by atoms with van der Waals surface area (Å²) in [5.41, 5.74) is 14.4. The average molecular weight is 634 g/mol. The van der Waals surface area contributed by atoms with Crippen LogP contribution in [-0.2, 0) is 10.8 Å². The quantitative estimate of drug-likeness (QED) is 0.187. The predicted octanol–water partition coefficient (Wildman–Crippen LogP) is 13.3. The third-order valence-corrected chi connectivity index (χ3v) is 12.4. The van der Waals surface area contributed by atoms with E-state index in [1.54, 1.807) is 0 Å². The molecule has 0 radical (unpaired) electrons. The molecular weight excluding hydrogens is 599 g/mol. The van der Waals surface area contributed by atoms with Gasteiger partial charge in [-0.3, -0.25) is 0 Å². The lowest BCUT2D eigenvalue weighted by Gasteiger charge is -2.29. The molecule has 0 saturated heterocycles. The normalized spacial score (nSPS) is 15.0. The molecule has 10 rings (SSSR count). The van der Waals surface area contributed by atoms with E-state index in [4.69, 9.17) is 0 Å². The highest BCUT2D eigenvalue weighted by Gasteiger charge is 2.37. The molecule has 0 bridgehead atoms. The van der Waals surface area contributed by atoms with Gasteiger partial charge in [-0.25, -0.2) is 0 Å². The molecule has 2 aliphatic carbocycles. The first-order valence-electron chi connectivity index (χ1n) is 16.9. The van der Waals surface area contributed by atoms with Crippen molar-refractivity contribution in [2.24, 2.45) is 0 Å². The number of nitrogens with zero attached hydrogens (tertiary/aromatic N) is 1. The molecule has 0 amide bonds. The van der Waals surface area contributed by atoms with Gasteiger partial charge in [0.2, 0.25) is 0 Å². The first-order valence-corrected chi connectivity index (χ1v) is 17.7. The molecule has 2 heteroatoms. The molecule has 0 spiro atoms. The van der Waals surface area contributed by atoms with Crippen molar-refractivity contribution in [3.63, 3.8) is 0 Å². The highest BCUT2D eigenvalue weighted by Crippen LogP contribution is 2.53. The van der Waals surface area contributed by atoms with Gasteiger partial charge >= 0.3 is 0 Å². The predicted molar refractivity (Wildman–Crippen MR) is 207 cm³/mol. The summed E-state index contributed by atoms with van der Waals surface area (Å²) >= 11 is 1.88. The Morgan fingerprint density at radius 3 is 1.79 bits per heavy atom. The lowest BCUT2D eigenvalue weighted by molar-refractivity contribution is 0.660. The molecule has 1 aromatic heterocycles. The molecule has 8 aromatic rings. The van der Waals surface area contributed by atoms with Crippen LogP contribution in [0.3, 0.4) is 0 Å². The van der Waals surface area contributed by atoms with Gasteiger partial charge in [0.25, 0.3) is 0 Å². The standard InChI is InChI=1S/C46H35NS/c1-45(2)40-15-9-6-12-34(40)37-26-31(20-22-41(37)45)47(32-19-21-35-33-11-5-8-14-39(33)46(3,4)42(35)27-32)30-18-17-28-25-44-38(24-29(28)23-30)36-13-7-10-16-43(36)48-44/h5-27H,1-4H3. The summed E-state index contributed by atoms with van der Waals surface area (Å²) < 4.78 is 2.68. The second-order valence-corrected chi connectivity index (χ2v) is 15.7. The number of rotatable bonds is 3. The van der Waals surface area contributed by atoms with Crippen LogP contribution in [-0.4, -0.2) is 0 Å². The fourth-order valence-corrected chi connectivity index (χ4v) is 9.86. The molecule has 0 saturated carbocycles. The third-order valence-electron chi connectivity index (χ3n) is 11.2. The second-order valence-electron chi connectivity index (χ2n) is 14.6. The zero-order valence-corrected chi connectivity index (χ0v) is 28.5. The van der Waals surface area contributed by atoms with Gasteiger partial charge in [-0.05, 0) is 110 Å². The van der Waals surface area contributed by atoms with Crippen LogP contribution >= 0.6 is 11.3 Å². The SMILES string of the molecule is CC1(C)c2ccccc2-c2cc(N(c3ccc4c(c3)C(C)(C)c3ccccc3-4)c3ccc4cc5sc6ccccc6c5cc4c3)ccc21. The number of hydrogen-bond donors (Lipinski definition) is 0. The fraction of sp³-hybridized carbons (Fsp3) is 0.130. The van der Waals surface area contributed by atoms with Crippen molar-refractivity contribution < 1.29 is 0 Å². The molecule has 1 nitrogen and oxygen atoms in total. The lowest BCUT2D eigenvalue weighted by Crippen LogP contribution is -2.17. The Labute approximate surface area is 285 Å². The molecular formula is C46H35NS. The number of benzene rings is 7. The zero-order chi connectivity index (χ0) is 32.4. The number of hydrogen-bond acceptors (Lipinski definition) is 2. The van der Waals surface area contributed by atoms with Gasteiger partial charge in [-0.15, -0.1) is 11.3 Å². The molecule has 230 valence electrons. The topological polar surface area (TPSA) is 3.24 Å². The smallest absolute Gasteiger partial charge is 0.0468 e. The van der Waals surface area contributed by atoms with Crippen molar-refractivity contribution in [3.05, 3.63) is 162 Å². The summed E-state index contributed by atoms with van der Waals surface area (Å²) in [5, 5.41) is 5.20. The van der Waals surface area contributed by atoms with E-state index in [-0.39, 0.29) is 10.8 Å². The largest absolute Gasteiger partial charge is 0.310 e. The van der Waals surface area contributed by atoms with Gasteiger partial charge in [0.15, 0.2) is 0 Å². The molecule has 48 heavy (non-hydrogen) atoms. The maximum Gasteiger partial charge on any atom is 0.0468 e. The Morgan fingerprint density at radius 1 is 0.396 bits per heavy atom. The minimum Gasteiger partial charge on any atom is -0.310 e. The fourth-order valence-electron chi connectivity index (χ4n) is 8.72. The summed E-state index contributed by atoms with van der Waals surface area (Å²) in [6, 6.07) is 52.6. The molecule has 0 atom stereocenters. The van der Waals surface area contributed by atoms with Crippen molar-refractivity contribution in [3.8, 4) is 22.3 Å². The van der Waals surface area contributed by atoms with E-state index < -0.39 is 0 Å². The minimum absolute atomic E-state index is 0.0315. The van der Waals surface area contributed by atoms with Crippen molar-refractivity contribution >= 4 is 59.3 Å². The molecule has 0 aliphatic heterocycles. The zero-order valence-electron chi connectivity index (χ0n) is 27.6. The number of thiophene rings is 1. The summed E-state index contributed by atoms with van der Waals surface area (Å²) in [5.74, 6) is 0. The van der Waals surface area contributed by atoms with Crippen LogP contribution in [0, 0.1) is 0 Å². The maximum atomic E-state index is 2.48. The van der Waals surface area contributed by atoms with Crippen LogP contribution in [0.4, 0.5) is 17.1 Å². The first kappa shape index (κ1) is 27.9. The van der Waals surface area contributed by atoms with Gasteiger partial charge in [0, 0.05) is 48.1 Å². The minimum atomic E-state index is -0.0799. The van der Waals surface area contributed by atoms with Gasteiger partial charge in [-0.2, -0.15) is 0 Å².